The van der Waals surface area contributed by atoms with Crippen LogP contribution in [0.3, 0.4) is 0 Å². The van der Waals surface area contributed by atoms with Crippen LogP contribution in [-0.4, -0.2) is 16.0 Å². The minimum atomic E-state index is -0.412. The van der Waals surface area contributed by atoms with E-state index >= 15 is 0 Å². The number of benzene rings is 2. The van der Waals surface area contributed by atoms with E-state index < -0.39 is 5.91 Å². The van der Waals surface area contributed by atoms with Crippen molar-refractivity contribution in [3.63, 3.8) is 0 Å². The molecular formula is C20H15N3O3. The molecule has 26 heavy (non-hydrogen) atoms. The number of nitrogens with one attached hydrogen (secondary N) is 1. The Morgan fingerprint density at radius 1 is 1.04 bits per heavy atom. The van der Waals surface area contributed by atoms with Gasteiger partial charge in [0, 0.05) is 11.6 Å². The van der Waals surface area contributed by atoms with Gasteiger partial charge < -0.3 is 14.6 Å². The standard InChI is InChI=1S/C20H15N3O3/c24-20(22-16-10-4-8-15-9-5-11-21-19(15)16)17-12-18(23-26-17)25-13-14-6-2-1-3-7-14/h1-12H,13H2,(H,22,24). The molecule has 0 spiro atoms. The van der Waals surface area contributed by atoms with Gasteiger partial charge in [-0.2, -0.15) is 0 Å². The summed E-state index contributed by atoms with van der Waals surface area (Å²) in [7, 11) is 0. The number of fused-ring (bicyclic) bond motifs is 1. The highest BCUT2D eigenvalue weighted by Gasteiger charge is 2.15. The SMILES string of the molecule is O=C(Nc1cccc2cccnc12)c1cc(OCc2ccccc2)no1. The quantitative estimate of drug-likeness (QED) is 0.590. The van der Waals surface area contributed by atoms with Gasteiger partial charge in [-0.1, -0.05) is 48.5 Å². The van der Waals surface area contributed by atoms with Gasteiger partial charge >= 0.3 is 0 Å². The maximum atomic E-state index is 12.4. The summed E-state index contributed by atoms with van der Waals surface area (Å²) in [6.07, 6.45) is 1.68. The Hall–Kier alpha value is -3.67. The highest BCUT2D eigenvalue weighted by Crippen LogP contribution is 2.22. The van der Waals surface area contributed by atoms with Crippen LogP contribution in [0.4, 0.5) is 5.69 Å². The van der Waals surface area contributed by atoms with Crippen LogP contribution in [-0.2, 0) is 6.61 Å². The van der Waals surface area contributed by atoms with E-state index in [1.54, 1.807) is 12.3 Å². The van der Waals surface area contributed by atoms with E-state index in [-0.39, 0.29) is 11.6 Å². The van der Waals surface area contributed by atoms with Crippen LogP contribution in [0.15, 0.2) is 77.4 Å². The number of carbonyl (C=O) groups excluding carboxylic acids is 1. The van der Waals surface area contributed by atoms with Crippen molar-refractivity contribution in [3.05, 3.63) is 84.3 Å². The van der Waals surface area contributed by atoms with E-state index in [1.807, 2.05) is 54.6 Å². The minimum absolute atomic E-state index is 0.0704. The van der Waals surface area contributed by atoms with Crippen molar-refractivity contribution < 1.29 is 14.1 Å². The first-order valence-corrected chi connectivity index (χ1v) is 8.08. The number of rotatable bonds is 5. The molecule has 2 aromatic carbocycles. The van der Waals surface area contributed by atoms with Crippen LogP contribution in [0.2, 0.25) is 0 Å². The fourth-order valence-corrected chi connectivity index (χ4v) is 2.55. The van der Waals surface area contributed by atoms with Crippen LogP contribution in [0.1, 0.15) is 16.1 Å². The number of anilines is 1. The molecule has 0 saturated carbocycles. The molecule has 0 saturated heterocycles. The van der Waals surface area contributed by atoms with Gasteiger partial charge in [-0.3, -0.25) is 9.78 Å². The molecule has 0 unspecified atom stereocenters. The molecule has 4 rings (SSSR count). The Kier molecular flexibility index (Phi) is 4.30. The van der Waals surface area contributed by atoms with Crippen LogP contribution >= 0.6 is 0 Å². The van der Waals surface area contributed by atoms with E-state index in [2.05, 4.69) is 15.5 Å². The summed E-state index contributed by atoms with van der Waals surface area (Å²) in [4.78, 5) is 16.7. The Bertz CT molecular complexity index is 1040. The number of hydrogen-bond donors (Lipinski definition) is 1. The van der Waals surface area contributed by atoms with E-state index in [0.717, 1.165) is 10.9 Å². The van der Waals surface area contributed by atoms with Gasteiger partial charge in [0.2, 0.25) is 5.76 Å². The van der Waals surface area contributed by atoms with Gasteiger partial charge in [0.15, 0.2) is 0 Å². The molecule has 0 aliphatic heterocycles. The molecule has 6 heteroatoms. The molecular weight excluding hydrogens is 330 g/mol. The van der Waals surface area contributed by atoms with E-state index in [1.165, 1.54) is 6.07 Å². The molecule has 0 fully saturated rings. The van der Waals surface area contributed by atoms with Crippen molar-refractivity contribution in [2.45, 2.75) is 6.61 Å². The Balaban J connectivity index is 1.46. The summed E-state index contributed by atoms with van der Waals surface area (Å²) in [5.41, 5.74) is 2.32. The second kappa shape index (κ2) is 7.06. The lowest BCUT2D eigenvalue weighted by Crippen LogP contribution is -2.11. The third-order valence-corrected chi connectivity index (χ3v) is 3.82. The zero-order chi connectivity index (χ0) is 17.8. The predicted molar refractivity (Wildman–Crippen MR) is 97.0 cm³/mol. The molecule has 6 nitrogen and oxygen atoms in total. The van der Waals surface area contributed by atoms with Crippen molar-refractivity contribution in [1.82, 2.24) is 10.1 Å². The zero-order valence-corrected chi connectivity index (χ0v) is 13.8. The molecule has 1 N–H and O–H groups in total. The maximum Gasteiger partial charge on any atom is 0.294 e. The average Bonchev–Trinajstić information content (AvgIpc) is 3.17. The number of carbonyl (C=O) groups is 1. The van der Waals surface area contributed by atoms with E-state index in [9.17, 15) is 4.79 Å². The Morgan fingerprint density at radius 3 is 2.77 bits per heavy atom. The Labute approximate surface area is 149 Å². The number of aromatic nitrogens is 2. The number of ether oxygens (including phenoxy) is 1. The molecule has 0 radical (unpaired) electrons. The summed E-state index contributed by atoms with van der Waals surface area (Å²) < 4.78 is 10.6. The normalized spacial score (nSPS) is 10.6. The topological polar surface area (TPSA) is 77.2 Å². The highest BCUT2D eigenvalue weighted by molar-refractivity contribution is 6.06. The smallest absolute Gasteiger partial charge is 0.294 e. The number of pyridine rings is 1. The van der Waals surface area contributed by atoms with Crippen LogP contribution in [0.25, 0.3) is 10.9 Å². The minimum Gasteiger partial charge on any atom is -0.471 e. The third-order valence-electron chi connectivity index (χ3n) is 3.82. The lowest BCUT2D eigenvalue weighted by atomic mass is 10.2. The van der Waals surface area contributed by atoms with Gasteiger partial charge in [0.1, 0.15) is 6.61 Å². The van der Waals surface area contributed by atoms with Gasteiger partial charge in [-0.05, 0) is 22.9 Å². The molecule has 2 aromatic heterocycles. The molecule has 128 valence electrons. The summed E-state index contributed by atoms with van der Waals surface area (Å²) in [5.74, 6) is -0.0822. The first-order valence-electron chi connectivity index (χ1n) is 8.08. The number of nitrogens with zero attached hydrogens (tertiary/aromatic N) is 2. The Morgan fingerprint density at radius 2 is 1.88 bits per heavy atom. The van der Waals surface area contributed by atoms with Crippen LogP contribution in [0, 0.1) is 0 Å². The van der Waals surface area contributed by atoms with Crippen LogP contribution in [0.5, 0.6) is 5.88 Å². The molecule has 0 atom stereocenters. The fourth-order valence-electron chi connectivity index (χ4n) is 2.55. The van der Waals surface area contributed by atoms with Crippen molar-refractivity contribution in [3.8, 4) is 5.88 Å². The van der Waals surface area contributed by atoms with Gasteiger partial charge in [0.05, 0.1) is 17.3 Å². The zero-order valence-electron chi connectivity index (χ0n) is 13.8. The molecule has 0 aliphatic rings. The summed E-state index contributed by atoms with van der Waals surface area (Å²) in [6, 6.07) is 20.5. The molecule has 0 bridgehead atoms. The lowest BCUT2D eigenvalue weighted by Gasteiger charge is -2.05. The summed E-state index contributed by atoms with van der Waals surface area (Å²) in [5, 5.41) is 7.52. The lowest BCUT2D eigenvalue weighted by molar-refractivity contribution is 0.0987. The number of amides is 1. The number of para-hydroxylation sites is 1. The summed E-state index contributed by atoms with van der Waals surface area (Å²) in [6.45, 7) is 0.349. The first kappa shape index (κ1) is 15.8. The van der Waals surface area contributed by atoms with Gasteiger partial charge in [-0.25, -0.2) is 0 Å². The summed E-state index contributed by atoms with van der Waals surface area (Å²) >= 11 is 0. The van der Waals surface area contributed by atoms with Gasteiger partial charge in [0.25, 0.3) is 11.8 Å². The average molecular weight is 345 g/mol. The van der Waals surface area contributed by atoms with Crippen molar-refractivity contribution in [2.75, 3.05) is 5.32 Å². The second-order valence-electron chi connectivity index (χ2n) is 5.64. The first-order chi connectivity index (χ1) is 12.8. The van der Waals surface area contributed by atoms with Crippen molar-refractivity contribution in [2.24, 2.45) is 0 Å². The van der Waals surface area contributed by atoms with E-state index in [4.69, 9.17) is 9.26 Å². The molecule has 2 heterocycles. The monoisotopic (exact) mass is 345 g/mol. The second-order valence-corrected chi connectivity index (χ2v) is 5.64. The largest absolute Gasteiger partial charge is 0.471 e. The highest BCUT2D eigenvalue weighted by atomic mass is 16.5. The third kappa shape index (κ3) is 3.39. The van der Waals surface area contributed by atoms with Crippen molar-refractivity contribution >= 4 is 22.5 Å². The maximum absolute atomic E-state index is 12.4. The molecule has 1 amide bonds. The van der Waals surface area contributed by atoms with E-state index in [0.29, 0.717) is 17.8 Å². The van der Waals surface area contributed by atoms with Gasteiger partial charge in [-0.15, -0.1) is 0 Å². The van der Waals surface area contributed by atoms with Crippen molar-refractivity contribution in [1.29, 1.82) is 0 Å². The number of hydrogen-bond acceptors (Lipinski definition) is 5. The molecule has 0 aliphatic carbocycles. The predicted octanol–water partition coefficient (Wildman–Crippen LogP) is 4.05. The fraction of sp³-hybridized carbons (Fsp3) is 0.0500. The molecule has 4 aromatic rings. The van der Waals surface area contributed by atoms with Crippen LogP contribution < -0.4 is 10.1 Å².